The van der Waals surface area contributed by atoms with Crippen LogP contribution in [0.2, 0.25) is 0 Å². The Labute approximate surface area is 154 Å². The molecule has 1 aliphatic heterocycles. The van der Waals surface area contributed by atoms with Gasteiger partial charge in [0.25, 0.3) is 0 Å². The number of nitrogens with zero attached hydrogens (tertiary/aromatic N) is 3. The van der Waals surface area contributed by atoms with Crippen LogP contribution in [0.1, 0.15) is 36.0 Å². The lowest BCUT2D eigenvalue weighted by molar-refractivity contribution is 0.0561. The Morgan fingerprint density at radius 2 is 1.69 bits per heavy atom. The molecule has 2 aromatic carbocycles. The highest BCUT2D eigenvalue weighted by Gasteiger charge is 2.26. The predicted octanol–water partition coefficient (Wildman–Crippen LogP) is 3.88. The first-order chi connectivity index (χ1) is 12.7. The molecule has 0 spiro atoms. The van der Waals surface area contributed by atoms with Crippen molar-refractivity contribution in [3.05, 3.63) is 71.7 Å². The first-order valence-corrected chi connectivity index (χ1v) is 9.38. The van der Waals surface area contributed by atoms with Gasteiger partial charge in [-0.25, -0.2) is 9.97 Å². The minimum Gasteiger partial charge on any atom is -0.388 e. The highest BCUT2D eigenvalue weighted by molar-refractivity contribution is 5.80. The number of para-hydroxylation sites is 1. The molecule has 1 unspecified atom stereocenters. The Kier molecular flexibility index (Phi) is 4.96. The lowest BCUT2D eigenvalue weighted by Gasteiger charge is -2.34. The number of fused-ring (bicyclic) bond motifs is 1. The molecular formula is C22H25N3O. The van der Waals surface area contributed by atoms with Crippen LogP contribution in [0.15, 0.2) is 54.6 Å². The van der Waals surface area contributed by atoms with Crippen molar-refractivity contribution in [3.8, 4) is 0 Å². The smallest absolute Gasteiger partial charge is 0.143 e. The summed E-state index contributed by atoms with van der Waals surface area (Å²) in [5, 5.41) is 11.8. The standard InChI is InChI=1S/C22H25N3O/c1-16-19-9-5-6-10-20(19)24-21(23-16)15-25-13-11-18(12-14-25)22(26)17-7-3-2-4-8-17/h2-10,18,22,26H,11-15H2,1H3. The van der Waals surface area contributed by atoms with E-state index in [2.05, 4.69) is 24.0 Å². The summed E-state index contributed by atoms with van der Waals surface area (Å²) in [6, 6.07) is 18.2. The number of hydrogen-bond acceptors (Lipinski definition) is 4. The molecule has 0 saturated carbocycles. The molecule has 1 saturated heterocycles. The van der Waals surface area contributed by atoms with E-state index < -0.39 is 0 Å². The summed E-state index contributed by atoms with van der Waals surface area (Å²) >= 11 is 0. The number of aryl methyl sites for hydroxylation is 1. The van der Waals surface area contributed by atoms with Crippen molar-refractivity contribution in [3.63, 3.8) is 0 Å². The third-order valence-corrected chi connectivity index (χ3v) is 5.42. The maximum Gasteiger partial charge on any atom is 0.143 e. The fraction of sp³-hybridized carbons (Fsp3) is 0.364. The second-order valence-corrected chi connectivity index (χ2v) is 7.21. The average Bonchev–Trinajstić information content (AvgIpc) is 2.69. The largest absolute Gasteiger partial charge is 0.388 e. The van der Waals surface area contributed by atoms with E-state index in [4.69, 9.17) is 9.97 Å². The maximum atomic E-state index is 10.6. The van der Waals surface area contributed by atoms with Crippen LogP contribution in [0.25, 0.3) is 10.9 Å². The van der Waals surface area contributed by atoms with Gasteiger partial charge in [0.1, 0.15) is 5.82 Å². The SMILES string of the molecule is Cc1nc(CN2CCC(C(O)c3ccccc3)CC2)nc2ccccc12. The molecule has 26 heavy (non-hydrogen) atoms. The maximum absolute atomic E-state index is 10.6. The molecule has 4 nitrogen and oxygen atoms in total. The monoisotopic (exact) mass is 347 g/mol. The second-order valence-electron chi connectivity index (χ2n) is 7.21. The highest BCUT2D eigenvalue weighted by Crippen LogP contribution is 2.31. The van der Waals surface area contributed by atoms with Gasteiger partial charge in [0.05, 0.1) is 18.2 Å². The molecule has 1 aliphatic rings. The van der Waals surface area contributed by atoms with Crippen molar-refractivity contribution in [2.45, 2.75) is 32.4 Å². The molecule has 0 radical (unpaired) electrons. The Morgan fingerprint density at radius 3 is 2.46 bits per heavy atom. The van der Waals surface area contributed by atoms with Gasteiger partial charge in [-0.2, -0.15) is 0 Å². The summed E-state index contributed by atoms with van der Waals surface area (Å²) in [5.41, 5.74) is 3.09. The fourth-order valence-corrected chi connectivity index (χ4v) is 3.91. The topological polar surface area (TPSA) is 49.2 Å². The van der Waals surface area contributed by atoms with Gasteiger partial charge in [0.15, 0.2) is 0 Å². The van der Waals surface area contributed by atoms with Gasteiger partial charge in [-0.3, -0.25) is 4.90 Å². The van der Waals surface area contributed by atoms with E-state index in [0.717, 1.165) is 60.5 Å². The molecule has 2 heterocycles. The Balaban J connectivity index is 1.40. The number of hydrogen-bond donors (Lipinski definition) is 1. The molecule has 3 aromatic rings. The Morgan fingerprint density at radius 1 is 1.00 bits per heavy atom. The second kappa shape index (κ2) is 7.52. The van der Waals surface area contributed by atoms with Crippen LogP contribution in [0.4, 0.5) is 0 Å². The van der Waals surface area contributed by atoms with Crippen LogP contribution >= 0.6 is 0 Å². The van der Waals surface area contributed by atoms with Crippen LogP contribution < -0.4 is 0 Å². The first-order valence-electron chi connectivity index (χ1n) is 9.38. The molecule has 1 fully saturated rings. The van der Waals surface area contributed by atoms with Crippen molar-refractivity contribution in [1.29, 1.82) is 0 Å². The van der Waals surface area contributed by atoms with E-state index in [1.165, 1.54) is 0 Å². The summed E-state index contributed by atoms with van der Waals surface area (Å²) in [4.78, 5) is 11.8. The lowest BCUT2D eigenvalue weighted by atomic mass is 9.87. The van der Waals surface area contributed by atoms with Crippen molar-refractivity contribution in [2.24, 2.45) is 5.92 Å². The zero-order valence-electron chi connectivity index (χ0n) is 15.2. The minimum absolute atomic E-state index is 0.327. The van der Waals surface area contributed by atoms with Gasteiger partial charge in [-0.15, -0.1) is 0 Å². The molecule has 1 atom stereocenters. The number of aromatic nitrogens is 2. The summed E-state index contributed by atoms with van der Waals surface area (Å²) in [5.74, 6) is 1.22. The number of aliphatic hydroxyl groups is 1. The first kappa shape index (κ1) is 17.1. The van der Waals surface area contributed by atoms with E-state index in [1.54, 1.807) is 0 Å². The molecule has 4 rings (SSSR count). The predicted molar refractivity (Wildman–Crippen MR) is 104 cm³/mol. The molecular weight excluding hydrogens is 322 g/mol. The quantitative estimate of drug-likeness (QED) is 0.778. The zero-order chi connectivity index (χ0) is 17.9. The molecule has 1 N–H and O–H groups in total. The molecule has 0 bridgehead atoms. The molecule has 4 heteroatoms. The zero-order valence-corrected chi connectivity index (χ0v) is 15.2. The Hall–Kier alpha value is -2.30. The fourth-order valence-electron chi connectivity index (χ4n) is 3.91. The molecule has 0 aliphatic carbocycles. The normalized spacial score (nSPS) is 17.5. The van der Waals surface area contributed by atoms with E-state index in [-0.39, 0.29) is 6.10 Å². The van der Waals surface area contributed by atoms with Crippen molar-refractivity contribution >= 4 is 10.9 Å². The van der Waals surface area contributed by atoms with Crippen LogP contribution in [-0.2, 0) is 6.54 Å². The Bertz CT molecular complexity index is 873. The van der Waals surface area contributed by atoms with Crippen LogP contribution in [0.3, 0.4) is 0 Å². The number of likely N-dealkylation sites (tertiary alicyclic amines) is 1. The summed E-state index contributed by atoms with van der Waals surface area (Å²) in [6.07, 6.45) is 1.64. The van der Waals surface area contributed by atoms with Gasteiger partial charge < -0.3 is 5.11 Å². The summed E-state index contributed by atoms with van der Waals surface area (Å²) in [6.45, 7) is 4.78. The third-order valence-electron chi connectivity index (χ3n) is 5.42. The lowest BCUT2D eigenvalue weighted by Crippen LogP contribution is -2.35. The van der Waals surface area contributed by atoms with Gasteiger partial charge in [0, 0.05) is 11.1 Å². The number of piperidine rings is 1. The van der Waals surface area contributed by atoms with Crippen LogP contribution in [0, 0.1) is 12.8 Å². The minimum atomic E-state index is -0.363. The van der Waals surface area contributed by atoms with Crippen molar-refractivity contribution in [2.75, 3.05) is 13.1 Å². The van der Waals surface area contributed by atoms with Crippen molar-refractivity contribution < 1.29 is 5.11 Å². The summed E-state index contributed by atoms with van der Waals surface area (Å²) in [7, 11) is 0. The van der Waals surface area contributed by atoms with Crippen LogP contribution in [-0.4, -0.2) is 33.1 Å². The number of aliphatic hydroxyl groups excluding tert-OH is 1. The van der Waals surface area contributed by atoms with Gasteiger partial charge in [0.2, 0.25) is 0 Å². The molecule has 1 aromatic heterocycles. The number of benzene rings is 2. The third kappa shape index (κ3) is 3.62. The summed E-state index contributed by atoms with van der Waals surface area (Å²) < 4.78 is 0. The number of rotatable bonds is 4. The molecule has 0 amide bonds. The van der Waals surface area contributed by atoms with Crippen molar-refractivity contribution in [1.82, 2.24) is 14.9 Å². The van der Waals surface area contributed by atoms with Gasteiger partial charge >= 0.3 is 0 Å². The van der Waals surface area contributed by atoms with E-state index in [1.807, 2.05) is 42.5 Å². The van der Waals surface area contributed by atoms with E-state index >= 15 is 0 Å². The highest BCUT2D eigenvalue weighted by atomic mass is 16.3. The van der Waals surface area contributed by atoms with Crippen LogP contribution in [0.5, 0.6) is 0 Å². The van der Waals surface area contributed by atoms with E-state index in [9.17, 15) is 5.11 Å². The van der Waals surface area contributed by atoms with E-state index in [0.29, 0.717) is 5.92 Å². The average molecular weight is 347 g/mol. The molecule has 134 valence electrons. The van der Waals surface area contributed by atoms with Gasteiger partial charge in [-0.05, 0) is 50.4 Å². The van der Waals surface area contributed by atoms with Gasteiger partial charge in [-0.1, -0.05) is 48.5 Å².